The minimum absolute atomic E-state index is 0. The molecule has 0 atom stereocenters. The van der Waals surface area contributed by atoms with Crippen molar-refractivity contribution in [2.45, 2.75) is 51.7 Å². The molecule has 0 N–H and O–H groups in total. The summed E-state index contributed by atoms with van der Waals surface area (Å²) in [4.78, 5) is 4.30. The van der Waals surface area contributed by atoms with Crippen LogP contribution in [0.3, 0.4) is 0 Å². The highest BCUT2D eigenvalue weighted by Crippen LogP contribution is 2.36. The Kier molecular flexibility index (Phi) is 6.18. The normalized spacial score (nSPS) is 22.9. The number of hydrogen-bond donors (Lipinski definition) is 0. The van der Waals surface area contributed by atoms with Gasteiger partial charge in [-0.25, -0.2) is 4.98 Å². The Balaban J connectivity index is 0.00000208. The van der Waals surface area contributed by atoms with Crippen molar-refractivity contribution >= 4 is 25.0 Å². The summed E-state index contributed by atoms with van der Waals surface area (Å²) in [6.07, 6.45) is 3.85. The van der Waals surface area contributed by atoms with E-state index in [0.717, 1.165) is 31.5 Å². The lowest BCUT2D eigenvalue weighted by molar-refractivity contribution is 0.00578. The van der Waals surface area contributed by atoms with E-state index in [9.17, 15) is 0 Å². The molecule has 0 saturated carbocycles. The largest absolute Gasteiger partial charge is 0.495 e. The van der Waals surface area contributed by atoms with Crippen LogP contribution in [-0.4, -0.2) is 43.1 Å². The van der Waals surface area contributed by atoms with Crippen LogP contribution in [0, 0.1) is 5.92 Å². The van der Waals surface area contributed by atoms with E-state index in [1.807, 2.05) is 12.1 Å². The van der Waals surface area contributed by atoms with Gasteiger partial charge in [0.15, 0.2) is 0 Å². The van der Waals surface area contributed by atoms with Crippen LogP contribution in [0.2, 0.25) is 0 Å². The van der Waals surface area contributed by atoms with Crippen molar-refractivity contribution in [1.82, 2.24) is 4.98 Å². The number of nitrogens with zero attached hydrogens (tertiary/aromatic N) is 1. The Morgan fingerprint density at radius 1 is 1.17 bits per heavy atom. The summed E-state index contributed by atoms with van der Waals surface area (Å²) in [5.41, 5.74) is 0.259. The fourth-order valence-electron chi connectivity index (χ4n) is 2.75. The molecule has 2 aliphatic rings. The molecule has 2 saturated heterocycles. The molecule has 0 unspecified atom stereocenters. The average Bonchev–Trinajstić information content (AvgIpc) is 2.75. The lowest BCUT2D eigenvalue weighted by atomic mass is 9.80. The highest BCUT2D eigenvalue weighted by molar-refractivity contribution is 6.62. The van der Waals surface area contributed by atoms with Gasteiger partial charge in [0.1, 0.15) is 0 Å². The van der Waals surface area contributed by atoms with E-state index < -0.39 is 0 Å². The molecule has 0 aliphatic carbocycles. The van der Waals surface area contributed by atoms with Gasteiger partial charge in [0.2, 0.25) is 5.88 Å². The molecule has 1 aromatic heterocycles. The Morgan fingerprint density at radius 3 is 2.42 bits per heavy atom. The summed E-state index contributed by atoms with van der Waals surface area (Å²) >= 11 is 0. The van der Waals surface area contributed by atoms with Gasteiger partial charge in [-0.1, -0.05) is 0 Å². The standard InChI is InChI=1S/C17H26BNO4.ClH/c1-16(2)17(3,4)23-18(22-16)14-5-8-19-15(11-14)21-12-13-6-9-20-10-7-13;/h5,8,11,13H,6-7,9-10,12H2,1-4H3;1H. The van der Waals surface area contributed by atoms with E-state index in [4.69, 9.17) is 18.8 Å². The molecule has 0 amide bonds. The Bertz CT molecular complexity index is 533. The van der Waals surface area contributed by atoms with Crippen LogP contribution in [0.4, 0.5) is 0 Å². The SMILES string of the molecule is CC1(C)OB(c2ccnc(OCC3CCOCC3)c2)OC1(C)C.Cl. The molecule has 5 nitrogen and oxygen atoms in total. The molecule has 0 bridgehead atoms. The van der Waals surface area contributed by atoms with Crippen LogP contribution < -0.4 is 10.2 Å². The number of halogens is 1. The summed E-state index contributed by atoms with van der Waals surface area (Å²) < 4.78 is 23.4. The van der Waals surface area contributed by atoms with Gasteiger partial charge in [0.25, 0.3) is 0 Å². The van der Waals surface area contributed by atoms with Crippen molar-refractivity contribution in [3.63, 3.8) is 0 Å². The molecule has 3 heterocycles. The van der Waals surface area contributed by atoms with Crippen molar-refractivity contribution in [2.75, 3.05) is 19.8 Å². The van der Waals surface area contributed by atoms with Crippen LogP contribution in [0.5, 0.6) is 5.88 Å². The first kappa shape index (κ1) is 19.5. The molecular formula is C17H27BClNO4. The quantitative estimate of drug-likeness (QED) is 0.777. The van der Waals surface area contributed by atoms with Gasteiger partial charge in [0, 0.05) is 25.5 Å². The predicted octanol–water partition coefficient (Wildman–Crippen LogP) is 2.61. The topological polar surface area (TPSA) is 49.8 Å². The first-order valence-corrected chi connectivity index (χ1v) is 8.39. The van der Waals surface area contributed by atoms with E-state index in [2.05, 4.69) is 32.7 Å². The highest BCUT2D eigenvalue weighted by Gasteiger charge is 2.51. The molecule has 134 valence electrons. The van der Waals surface area contributed by atoms with Gasteiger partial charge < -0.3 is 18.8 Å². The molecule has 0 aromatic carbocycles. The molecule has 2 fully saturated rings. The van der Waals surface area contributed by atoms with Crippen molar-refractivity contribution in [3.05, 3.63) is 18.3 Å². The second kappa shape index (κ2) is 7.60. The zero-order valence-electron chi connectivity index (χ0n) is 14.9. The zero-order valence-corrected chi connectivity index (χ0v) is 15.7. The Morgan fingerprint density at radius 2 is 1.79 bits per heavy atom. The fraction of sp³-hybridized carbons (Fsp3) is 0.706. The maximum atomic E-state index is 6.08. The van der Waals surface area contributed by atoms with E-state index >= 15 is 0 Å². The van der Waals surface area contributed by atoms with Crippen LogP contribution in [0.15, 0.2) is 18.3 Å². The first-order valence-electron chi connectivity index (χ1n) is 8.39. The number of rotatable bonds is 4. The molecule has 3 rings (SSSR count). The molecule has 1 aromatic rings. The number of aromatic nitrogens is 1. The molecule has 2 aliphatic heterocycles. The van der Waals surface area contributed by atoms with Crippen molar-refractivity contribution in [2.24, 2.45) is 5.92 Å². The Labute approximate surface area is 151 Å². The predicted molar refractivity (Wildman–Crippen MR) is 96.2 cm³/mol. The van der Waals surface area contributed by atoms with Gasteiger partial charge in [-0.3, -0.25) is 0 Å². The summed E-state index contributed by atoms with van der Waals surface area (Å²) in [5.74, 6) is 1.18. The van der Waals surface area contributed by atoms with Crippen LogP contribution in [-0.2, 0) is 14.0 Å². The van der Waals surface area contributed by atoms with Crippen molar-refractivity contribution < 1.29 is 18.8 Å². The van der Waals surface area contributed by atoms with Gasteiger partial charge in [-0.05, 0) is 58.0 Å². The first-order chi connectivity index (χ1) is 10.9. The lowest BCUT2D eigenvalue weighted by Crippen LogP contribution is -2.41. The third-order valence-corrected chi connectivity index (χ3v) is 5.09. The van der Waals surface area contributed by atoms with Crippen LogP contribution in [0.1, 0.15) is 40.5 Å². The lowest BCUT2D eigenvalue weighted by Gasteiger charge is -2.32. The number of ether oxygens (including phenoxy) is 2. The third kappa shape index (κ3) is 4.23. The molecule has 0 spiro atoms. The molecule has 24 heavy (non-hydrogen) atoms. The monoisotopic (exact) mass is 355 g/mol. The average molecular weight is 356 g/mol. The highest BCUT2D eigenvalue weighted by atomic mass is 35.5. The van der Waals surface area contributed by atoms with E-state index in [0.29, 0.717) is 18.4 Å². The van der Waals surface area contributed by atoms with E-state index in [1.54, 1.807) is 6.20 Å². The minimum atomic E-state index is -0.381. The second-order valence-electron chi connectivity index (χ2n) is 7.38. The Hall–Kier alpha value is -0.815. The fourth-order valence-corrected chi connectivity index (χ4v) is 2.75. The third-order valence-electron chi connectivity index (χ3n) is 5.09. The summed E-state index contributed by atoms with van der Waals surface area (Å²) in [7, 11) is -0.381. The molecular weight excluding hydrogens is 328 g/mol. The maximum absolute atomic E-state index is 6.08. The summed E-state index contributed by atoms with van der Waals surface area (Å²) in [5, 5.41) is 0. The van der Waals surface area contributed by atoms with Crippen molar-refractivity contribution in [1.29, 1.82) is 0 Å². The minimum Gasteiger partial charge on any atom is -0.477 e. The number of hydrogen-bond acceptors (Lipinski definition) is 5. The van der Waals surface area contributed by atoms with Gasteiger partial charge in [-0.2, -0.15) is 0 Å². The van der Waals surface area contributed by atoms with Crippen LogP contribution >= 0.6 is 12.4 Å². The molecule has 7 heteroatoms. The summed E-state index contributed by atoms with van der Waals surface area (Å²) in [6.45, 7) is 10.6. The van der Waals surface area contributed by atoms with Gasteiger partial charge in [-0.15, -0.1) is 12.4 Å². The van der Waals surface area contributed by atoms with Crippen LogP contribution in [0.25, 0.3) is 0 Å². The summed E-state index contributed by atoms with van der Waals surface area (Å²) in [6, 6.07) is 3.84. The number of pyridine rings is 1. The molecule has 0 radical (unpaired) electrons. The van der Waals surface area contributed by atoms with Crippen molar-refractivity contribution in [3.8, 4) is 5.88 Å². The van der Waals surface area contributed by atoms with E-state index in [-0.39, 0.29) is 30.7 Å². The smallest absolute Gasteiger partial charge is 0.477 e. The zero-order chi connectivity index (χ0) is 16.5. The second-order valence-corrected chi connectivity index (χ2v) is 7.38. The van der Waals surface area contributed by atoms with Gasteiger partial charge >= 0.3 is 7.12 Å². The van der Waals surface area contributed by atoms with Gasteiger partial charge in [0.05, 0.1) is 17.8 Å². The maximum Gasteiger partial charge on any atom is 0.495 e. The van der Waals surface area contributed by atoms with E-state index in [1.165, 1.54) is 0 Å².